The Labute approximate surface area is 134 Å². The number of hydrogen-bond acceptors (Lipinski definition) is 5. The van der Waals surface area contributed by atoms with Crippen molar-refractivity contribution in [2.45, 2.75) is 38.4 Å². The Kier molecular flexibility index (Phi) is 8.62. The molecule has 6 heteroatoms. The van der Waals surface area contributed by atoms with Crippen LogP contribution in [0.1, 0.15) is 37.9 Å². The van der Waals surface area contributed by atoms with Crippen LogP contribution in [-0.4, -0.2) is 39.8 Å². The fourth-order valence-corrected chi connectivity index (χ4v) is 2.83. The van der Waals surface area contributed by atoms with Crippen LogP contribution in [0.3, 0.4) is 0 Å². The Morgan fingerprint density at radius 3 is 2.50 bits per heavy atom. The molecule has 5 nitrogen and oxygen atoms in total. The minimum atomic E-state index is -1.46. The molecule has 0 aliphatic heterocycles. The first-order chi connectivity index (χ1) is 10.6. The number of carboxylic acid groups (broad SMARTS) is 1. The summed E-state index contributed by atoms with van der Waals surface area (Å²) < 4.78 is 4.93. The molecule has 0 saturated carbocycles. The van der Waals surface area contributed by atoms with Crippen LogP contribution >= 0.6 is 11.8 Å². The molecule has 22 heavy (non-hydrogen) atoms. The van der Waals surface area contributed by atoms with Crippen LogP contribution < -0.4 is 0 Å². The summed E-state index contributed by atoms with van der Waals surface area (Å²) in [5.74, 6) is -0.559. The summed E-state index contributed by atoms with van der Waals surface area (Å²) in [4.78, 5) is 23.0. The average molecular weight is 326 g/mol. The topological polar surface area (TPSA) is 83.8 Å². The number of aliphatic carboxylic acids is 1. The normalized spacial score (nSPS) is 13.4. The molecule has 2 unspecified atom stereocenters. The van der Waals surface area contributed by atoms with Gasteiger partial charge < -0.3 is 14.9 Å². The number of hydrogen-bond donors (Lipinski definition) is 2. The zero-order chi connectivity index (χ0) is 16.4. The Hall–Kier alpha value is -1.53. The number of carboxylic acids is 1. The Morgan fingerprint density at radius 1 is 1.23 bits per heavy atom. The van der Waals surface area contributed by atoms with E-state index in [1.165, 1.54) is 0 Å². The van der Waals surface area contributed by atoms with Crippen LogP contribution in [-0.2, 0) is 14.3 Å². The number of ether oxygens (including phenoxy) is 1. The van der Waals surface area contributed by atoms with Gasteiger partial charge in [-0.05, 0) is 23.5 Å². The third-order valence-corrected chi connectivity index (χ3v) is 4.14. The molecule has 1 rings (SSSR count). The SMILES string of the molecule is CCCCSCCC(OC(=O)C(O)c1ccccc1)C(=O)O. The van der Waals surface area contributed by atoms with Gasteiger partial charge in [0, 0.05) is 6.42 Å². The third kappa shape index (κ3) is 6.49. The van der Waals surface area contributed by atoms with Crippen molar-refractivity contribution in [1.29, 1.82) is 0 Å². The average Bonchev–Trinajstić information content (AvgIpc) is 2.53. The first-order valence-electron chi connectivity index (χ1n) is 7.30. The van der Waals surface area contributed by atoms with Gasteiger partial charge in [-0.2, -0.15) is 11.8 Å². The molecule has 2 atom stereocenters. The Balaban J connectivity index is 2.48. The molecule has 0 heterocycles. The van der Waals surface area contributed by atoms with Crippen molar-refractivity contribution in [2.24, 2.45) is 0 Å². The van der Waals surface area contributed by atoms with Gasteiger partial charge in [0.1, 0.15) is 0 Å². The Morgan fingerprint density at radius 2 is 1.91 bits per heavy atom. The smallest absolute Gasteiger partial charge is 0.345 e. The highest BCUT2D eigenvalue weighted by atomic mass is 32.2. The summed E-state index contributed by atoms with van der Waals surface area (Å²) in [5.41, 5.74) is 0.383. The van der Waals surface area contributed by atoms with Gasteiger partial charge in [0.2, 0.25) is 0 Å². The van der Waals surface area contributed by atoms with E-state index in [9.17, 15) is 14.7 Å². The molecule has 0 aromatic heterocycles. The van der Waals surface area contributed by atoms with Crippen molar-refractivity contribution < 1.29 is 24.5 Å². The number of esters is 1. The fraction of sp³-hybridized carbons (Fsp3) is 0.500. The van der Waals surface area contributed by atoms with Gasteiger partial charge in [0.05, 0.1) is 0 Å². The molecule has 0 radical (unpaired) electrons. The minimum absolute atomic E-state index is 0.233. The van der Waals surface area contributed by atoms with E-state index >= 15 is 0 Å². The van der Waals surface area contributed by atoms with Gasteiger partial charge >= 0.3 is 11.9 Å². The monoisotopic (exact) mass is 326 g/mol. The second kappa shape index (κ2) is 10.2. The fourth-order valence-electron chi connectivity index (χ4n) is 1.75. The number of thioether (sulfide) groups is 1. The molecular formula is C16H22O5S. The number of rotatable bonds is 10. The second-order valence-corrected chi connectivity index (χ2v) is 6.06. The summed E-state index contributed by atoms with van der Waals surface area (Å²) in [5, 5.41) is 19.0. The van der Waals surface area contributed by atoms with Crippen LogP contribution in [0.2, 0.25) is 0 Å². The standard InChI is InChI=1S/C16H22O5S/c1-2-3-10-22-11-9-13(15(18)19)21-16(20)14(17)12-7-5-4-6-8-12/h4-8,13-14,17H,2-3,9-11H2,1H3,(H,18,19). The molecule has 0 aliphatic rings. The van der Waals surface area contributed by atoms with Gasteiger partial charge in [0.25, 0.3) is 0 Å². The minimum Gasteiger partial charge on any atom is -0.479 e. The lowest BCUT2D eigenvalue weighted by atomic mass is 10.1. The number of aliphatic hydroxyl groups is 1. The Bertz CT molecular complexity index is 463. The first kappa shape index (κ1) is 18.5. The van der Waals surface area contributed by atoms with Crippen molar-refractivity contribution in [3.8, 4) is 0 Å². The molecule has 0 amide bonds. The predicted octanol–water partition coefficient (Wildman–Crippen LogP) is 2.64. The van der Waals surface area contributed by atoms with Crippen molar-refractivity contribution >= 4 is 23.7 Å². The largest absolute Gasteiger partial charge is 0.479 e. The highest BCUT2D eigenvalue weighted by Gasteiger charge is 2.26. The number of unbranched alkanes of at least 4 members (excludes halogenated alkanes) is 1. The maximum Gasteiger partial charge on any atom is 0.345 e. The number of carbonyl (C=O) groups excluding carboxylic acids is 1. The molecular weight excluding hydrogens is 304 g/mol. The van der Waals surface area contributed by atoms with Crippen molar-refractivity contribution in [1.82, 2.24) is 0 Å². The lowest BCUT2D eigenvalue weighted by Crippen LogP contribution is -2.30. The second-order valence-electron chi connectivity index (χ2n) is 4.83. The molecule has 0 bridgehead atoms. The van der Waals surface area contributed by atoms with Crippen molar-refractivity contribution in [3.05, 3.63) is 35.9 Å². The van der Waals surface area contributed by atoms with Gasteiger partial charge in [0.15, 0.2) is 12.2 Å². The van der Waals surface area contributed by atoms with E-state index in [1.807, 2.05) is 0 Å². The lowest BCUT2D eigenvalue weighted by Gasteiger charge is -2.16. The van der Waals surface area contributed by atoms with E-state index in [0.29, 0.717) is 11.3 Å². The molecule has 2 N–H and O–H groups in total. The molecule has 1 aromatic carbocycles. The zero-order valence-corrected chi connectivity index (χ0v) is 13.4. The molecule has 0 fully saturated rings. The molecule has 0 aliphatic carbocycles. The van der Waals surface area contributed by atoms with Gasteiger partial charge in [-0.15, -0.1) is 0 Å². The maximum atomic E-state index is 11.9. The first-order valence-corrected chi connectivity index (χ1v) is 8.45. The van der Waals surface area contributed by atoms with Crippen LogP contribution in [0.15, 0.2) is 30.3 Å². The van der Waals surface area contributed by atoms with Crippen LogP contribution in [0.5, 0.6) is 0 Å². The summed E-state index contributed by atoms with van der Waals surface area (Å²) in [7, 11) is 0. The number of benzene rings is 1. The lowest BCUT2D eigenvalue weighted by molar-refractivity contribution is -0.170. The van der Waals surface area contributed by atoms with E-state index in [-0.39, 0.29) is 6.42 Å². The van der Waals surface area contributed by atoms with Crippen LogP contribution in [0.25, 0.3) is 0 Å². The van der Waals surface area contributed by atoms with Gasteiger partial charge in [-0.25, -0.2) is 9.59 Å². The molecule has 1 aromatic rings. The maximum absolute atomic E-state index is 11.9. The molecule has 0 saturated heterocycles. The highest BCUT2D eigenvalue weighted by molar-refractivity contribution is 7.99. The highest BCUT2D eigenvalue weighted by Crippen LogP contribution is 2.17. The zero-order valence-electron chi connectivity index (χ0n) is 12.6. The number of carbonyl (C=O) groups is 2. The van der Waals surface area contributed by atoms with Crippen LogP contribution in [0.4, 0.5) is 0 Å². The number of aliphatic hydroxyl groups excluding tert-OH is 1. The van der Waals surface area contributed by atoms with E-state index in [2.05, 4.69) is 6.92 Å². The molecule has 122 valence electrons. The van der Waals surface area contributed by atoms with E-state index in [0.717, 1.165) is 18.6 Å². The van der Waals surface area contributed by atoms with Gasteiger partial charge in [-0.3, -0.25) is 0 Å². The quantitative estimate of drug-likeness (QED) is 0.508. The van der Waals surface area contributed by atoms with E-state index in [4.69, 9.17) is 9.84 Å². The summed E-state index contributed by atoms with van der Waals surface area (Å²) >= 11 is 1.64. The van der Waals surface area contributed by atoms with E-state index in [1.54, 1.807) is 42.1 Å². The molecule has 0 spiro atoms. The summed E-state index contributed by atoms with van der Waals surface area (Å²) in [6.45, 7) is 2.09. The predicted molar refractivity (Wildman–Crippen MR) is 85.8 cm³/mol. The van der Waals surface area contributed by atoms with Crippen molar-refractivity contribution in [3.63, 3.8) is 0 Å². The summed E-state index contributed by atoms with van der Waals surface area (Å²) in [6.07, 6.45) is -0.282. The van der Waals surface area contributed by atoms with Gasteiger partial charge in [-0.1, -0.05) is 43.7 Å². The summed E-state index contributed by atoms with van der Waals surface area (Å²) in [6, 6.07) is 8.30. The van der Waals surface area contributed by atoms with Crippen molar-refractivity contribution in [2.75, 3.05) is 11.5 Å². The van der Waals surface area contributed by atoms with E-state index < -0.39 is 24.1 Å². The third-order valence-electron chi connectivity index (χ3n) is 3.04. The van der Waals surface area contributed by atoms with Crippen LogP contribution in [0, 0.1) is 0 Å².